The predicted molar refractivity (Wildman–Crippen MR) is 87.3 cm³/mol. The Kier molecular flexibility index (Phi) is 6.18. The van der Waals surface area contributed by atoms with Gasteiger partial charge < -0.3 is 14.4 Å². The number of carbonyl (C=O) groups is 1. The van der Waals surface area contributed by atoms with Crippen molar-refractivity contribution in [2.75, 3.05) is 20.2 Å². The molecule has 1 aliphatic heterocycles. The van der Waals surface area contributed by atoms with Crippen LogP contribution in [0.1, 0.15) is 46.0 Å². The predicted octanol–water partition coefficient (Wildman–Crippen LogP) is 3.81. The van der Waals surface area contributed by atoms with Crippen LogP contribution >= 0.6 is 11.6 Å². The molecule has 0 amide bonds. The summed E-state index contributed by atoms with van der Waals surface area (Å²) in [7, 11) is 1.45. The van der Waals surface area contributed by atoms with Gasteiger partial charge in [0.25, 0.3) is 0 Å². The Hall–Kier alpha value is -1.16. The first kappa shape index (κ1) is 17.2. The summed E-state index contributed by atoms with van der Waals surface area (Å²) < 4.78 is 10.6. The van der Waals surface area contributed by atoms with E-state index in [9.17, 15) is 4.79 Å². The summed E-state index contributed by atoms with van der Waals surface area (Å²) in [6.45, 7) is 5.63. The summed E-state index contributed by atoms with van der Waals surface area (Å²) in [6, 6.07) is 0. The average Bonchev–Trinajstić information content (AvgIpc) is 3.23. The lowest BCUT2D eigenvalue weighted by molar-refractivity contribution is -0.144. The zero-order valence-corrected chi connectivity index (χ0v) is 14.5. The fourth-order valence-corrected chi connectivity index (χ4v) is 3.06. The van der Waals surface area contributed by atoms with E-state index in [1.165, 1.54) is 12.8 Å². The molecule has 1 atom stereocenters. The van der Waals surface area contributed by atoms with Gasteiger partial charge in [-0.1, -0.05) is 25.4 Å². The second-order valence-corrected chi connectivity index (χ2v) is 6.09. The van der Waals surface area contributed by atoms with Gasteiger partial charge in [0.2, 0.25) is 0 Å². The molecule has 2 aliphatic carbocycles. The van der Waals surface area contributed by atoms with Crippen LogP contribution in [0.25, 0.3) is 0 Å². The first-order valence-corrected chi connectivity index (χ1v) is 8.64. The Labute approximate surface area is 138 Å². The molecule has 0 aromatic heterocycles. The maximum atomic E-state index is 11.6. The molecule has 2 fully saturated rings. The van der Waals surface area contributed by atoms with Crippen LogP contribution in [-0.2, 0) is 14.3 Å². The molecule has 0 aromatic rings. The Morgan fingerprint density at radius 2 is 2.00 bits per heavy atom. The van der Waals surface area contributed by atoms with Crippen molar-refractivity contribution in [3.63, 3.8) is 0 Å². The van der Waals surface area contributed by atoms with Crippen LogP contribution in [0.5, 0.6) is 0 Å². The van der Waals surface area contributed by atoms with Crippen LogP contribution in [0, 0.1) is 5.92 Å². The lowest BCUT2D eigenvalue weighted by atomic mass is 10.1. The highest BCUT2D eigenvalue weighted by Crippen LogP contribution is 2.36. The zero-order chi connectivity index (χ0) is 16.1. The number of allylic oxidation sites excluding steroid dienone is 4. The van der Waals surface area contributed by atoms with Crippen LogP contribution in [0.3, 0.4) is 0 Å². The van der Waals surface area contributed by atoms with Crippen LogP contribution in [0.15, 0.2) is 22.6 Å². The molecule has 1 saturated heterocycles. The summed E-state index contributed by atoms with van der Waals surface area (Å²) >= 11 is 6.31. The van der Waals surface area contributed by atoms with Crippen molar-refractivity contribution in [3.8, 4) is 0 Å². The van der Waals surface area contributed by atoms with Gasteiger partial charge in [-0.25, -0.2) is 0 Å². The van der Waals surface area contributed by atoms with E-state index in [4.69, 9.17) is 21.1 Å². The first-order valence-electron chi connectivity index (χ1n) is 8.26. The molecule has 0 bridgehead atoms. The second-order valence-electron chi connectivity index (χ2n) is 5.68. The van der Waals surface area contributed by atoms with E-state index in [2.05, 4.69) is 4.90 Å². The summed E-state index contributed by atoms with van der Waals surface area (Å²) in [5, 5.41) is 0.722. The summed E-state index contributed by atoms with van der Waals surface area (Å²) in [6.07, 6.45) is 7.35. The van der Waals surface area contributed by atoms with Crippen molar-refractivity contribution in [1.29, 1.82) is 0 Å². The van der Waals surface area contributed by atoms with Crippen molar-refractivity contribution < 1.29 is 14.3 Å². The monoisotopic (exact) mass is 327 g/mol. The van der Waals surface area contributed by atoms with Crippen LogP contribution in [0.2, 0.25) is 0 Å². The molecule has 0 aromatic carbocycles. The van der Waals surface area contributed by atoms with Gasteiger partial charge in [-0.05, 0) is 31.8 Å². The molecule has 4 nitrogen and oxygen atoms in total. The smallest absolute Gasteiger partial charge is 0.310 e. The SMILES string of the molecule is CC.COC(=O)C1CCN(C2=CC(Cl)=C(OC3CC3)CC2)C1. The molecule has 0 radical (unpaired) electrons. The topological polar surface area (TPSA) is 38.8 Å². The Morgan fingerprint density at radius 3 is 2.59 bits per heavy atom. The minimum Gasteiger partial charge on any atom is -0.493 e. The van der Waals surface area contributed by atoms with Crippen molar-refractivity contribution in [2.24, 2.45) is 5.92 Å². The second kappa shape index (κ2) is 7.91. The number of hydrogen-bond acceptors (Lipinski definition) is 4. The van der Waals surface area contributed by atoms with E-state index >= 15 is 0 Å². The number of esters is 1. The van der Waals surface area contributed by atoms with E-state index in [1.54, 1.807) is 0 Å². The van der Waals surface area contributed by atoms with Gasteiger partial charge in [-0.2, -0.15) is 0 Å². The van der Waals surface area contributed by atoms with E-state index in [1.807, 2.05) is 19.9 Å². The number of halogens is 1. The van der Waals surface area contributed by atoms with Crippen molar-refractivity contribution in [1.82, 2.24) is 4.90 Å². The number of methoxy groups -OCH3 is 1. The van der Waals surface area contributed by atoms with E-state index in [0.29, 0.717) is 6.10 Å². The van der Waals surface area contributed by atoms with E-state index in [0.717, 1.165) is 56.0 Å². The molecule has 0 N–H and O–H groups in total. The Bertz CT molecular complexity index is 469. The first-order chi connectivity index (χ1) is 10.7. The highest BCUT2D eigenvalue weighted by atomic mass is 35.5. The maximum Gasteiger partial charge on any atom is 0.310 e. The molecule has 124 valence electrons. The molecule has 1 saturated carbocycles. The highest BCUT2D eigenvalue weighted by molar-refractivity contribution is 6.31. The van der Waals surface area contributed by atoms with Crippen molar-refractivity contribution in [3.05, 3.63) is 22.6 Å². The van der Waals surface area contributed by atoms with Gasteiger partial charge in [0.05, 0.1) is 24.2 Å². The lowest BCUT2D eigenvalue weighted by Crippen LogP contribution is -2.24. The summed E-state index contributed by atoms with van der Waals surface area (Å²) in [5.74, 6) is 0.817. The fourth-order valence-electron chi connectivity index (χ4n) is 2.79. The van der Waals surface area contributed by atoms with Crippen LogP contribution in [-0.4, -0.2) is 37.2 Å². The summed E-state index contributed by atoms with van der Waals surface area (Å²) in [5.41, 5.74) is 1.21. The molecule has 22 heavy (non-hydrogen) atoms. The quantitative estimate of drug-likeness (QED) is 0.736. The van der Waals surface area contributed by atoms with Gasteiger partial charge in [0.1, 0.15) is 5.76 Å². The van der Waals surface area contributed by atoms with E-state index < -0.39 is 0 Å². The number of ether oxygens (including phenoxy) is 2. The largest absolute Gasteiger partial charge is 0.493 e. The zero-order valence-electron chi connectivity index (χ0n) is 13.7. The van der Waals surface area contributed by atoms with Crippen LogP contribution in [0.4, 0.5) is 0 Å². The molecule has 0 spiro atoms. The summed E-state index contributed by atoms with van der Waals surface area (Å²) in [4.78, 5) is 13.8. The van der Waals surface area contributed by atoms with E-state index in [-0.39, 0.29) is 11.9 Å². The Balaban J connectivity index is 0.000000847. The van der Waals surface area contributed by atoms with Crippen molar-refractivity contribution in [2.45, 2.75) is 52.1 Å². The Morgan fingerprint density at radius 1 is 1.27 bits per heavy atom. The standard InChI is InChI=1S/C15H20ClNO3.C2H6/c1-19-15(18)10-6-7-17(9-10)11-2-5-14(13(16)8-11)20-12-3-4-12;1-2/h8,10,12H,2-7,9H2,1H3;1-2H3. The molecule has 3 rings (SSSR count). The third-order valence-corrected chi connectivity index (χ3v) is 4.45. The minimum absolute atomic E-state index is 0.00670. The molecular formula is C17H26ClNO3. The number of carbonyl (C=O) groups excluding carboxylic acids is 1. The fraction of sp³-hybridized carbons (Fsp3) is 0.706. The molecule has 1 heterocycles. The third-order valence-electron chi connectivity index (χ3n) is 4.13. The number of nitrogens with zero attached hydrogens (tertiary/aromatic N) is 1. The molecule has 3 aliphatic rings. The van der Waals surface area contributed by atoms with Gasteiger partial charge in [-0.3, -0.25) is 4.79 Å². The molecule has 1 unspecified atom stereocenters. The lowest BCUT2D eigenvalue weighted by Gasteiger charge is -2.26. The average molecular weight is 328 g/mol. The van der Waals surface area contributed by atoms with Gasteiger partial charge >= 0.3 is 5.97 Å². The van der Waals surface area contributed by atoms with Gasteiger partial charge in [0, 0.05) is 25.2 Å². The van der Waals surface area contributed by atoms with Gasteiger partial charge in [0.15, 0.2) is 0 Å². The van der Waals surface area contributed by atoms with Crippen molar-refractivity contribution >= 4 is 17.6 Å². The number of hydrogen-bond donors (Lipinski definition) is 0. The number of rotatable bonds is 4. The highest BCUT2D eigenvalue weighted by Gasteiger charge is 2.32. The molecular weight excluding hydrogens is 302 g/mol. The molecule has 5 heteroatoms. The van der Waals surface area contributed by atoms with Gasteiger partial charge in [-0.15, -0.1) is 0 Å². The van der Waals surface area contributed by atoms with Crippen LogP contribution < -0.4 is 0 Å². The normalized spacial score (nSPS) is 24.5. The maximum absolute atomic E-state index is 11.6. The minimum atomic E-state index is -0.108. The third kappa shape index (κ3) is 4.19. The number of likely N-dealkylation sites (tertiary alicyclic amines) is 1.